The van der Waals surface area contributed by atoms with E-state index in [0.29, 0.717) is 63.8 Å². The molecule has 1 aliphatic rings. The molecule has 0 aromatic rings. The highest BCUT2D eigenvalue weighted by Gasteiger charge is 2.38. The summed E-state index contributed by atoms with van der Waals surface area (Å²) in [7, 11) is 0. The van der Waals surface area contributed by atoms with Crippen molar-refractivity contribution in [1.29, 1.82) is 0 Å². The Bertz CT molecular complexity index is 663. The van der Waals surface area contributed by atoms with Crippen molar-refractivity contribution < 1.29 is 24.3 Å². The van der Waals surface area contributed by atoms with Crippen molar-refractivity contribution in [2.75, 3.05) is 25.1 Å². The van der Waals surface area contributed by atoms with Crippen LogP contribution in [0.4, 0.5) is 0 Å². The molecule has 0 aromatic carbocycles. The topological polar surface area (TPSA) is 168 Å². The minimum Gasteiger partial charge on any atom is -0.480 e. The zero-order valence-corrected chi connectivity index (χ0v) is 20.9. The maximum atomic E-state index is 13.2. The monoisotopic (exact) mass is 487 g/mol. The minimum absolute atomic E-state index is 0.228. The lowest BCUT2D eigenvalue weighted by molar-refractivity contribution is -0.149. The Hall–Kier alpha value is -1.85. The maximum Gasteiger partial charge on any atom is 0.326 e. The van der Waals surface area contributed by atoms with Gasteiger partial charge in [0.05, 0.1) is 6.04 Å². The molecule has 4 unspecified atom stereocenters. The van der Waals surface area contributed by atoms with Crippen LogP contribution in [0.25, 0.3) is 0 Å². The quantitative estimate of drug-likeness (QED) is 0.205. The molecule has 190 valence electrons. The van der Waals surface area contributed by atoms with E-state index in [1.54, 1.807) is 0 Å². The number of aliphatic carboxylic acids is 1. The Labute approximate surface area is 200 Å². The minimum atomic E-state index is -1.04. The molecule has 0 bridgehead atoms. The molecule has 4 atom stereocenters. The van der Waals surface area contributed by atoms with E-state index in [0.717, 1.165) is 0 Å². The fraction of sp³-hybridized carbons (Fsp3) is 0.818. The lowest BCUT2D eigenvalue weighted by Crippen LogP contribution is -2.57. The molecular formula is C22H41N5O5S. The van der Waals surface area contributed by atoms with Crippen LogP contribution in [-0.4, -0.2) is 83.0 Å². The van der Waals surface area contributed by atoms with Crippen LogP contribution >= 0.6 is 11.8 Å². The molecule has 3 amide bonds. The Morgan fingerprint density at radius 1 is 1.09 bits per heavy atom. The summed E-state index contributed by atoms with van der Waals surface area (Å²) >= 11 is 1.53. The first-order valence-electron chi connectivity index (χ1n) is 11.7. The second-order valence-corrected chi connectivity index (χ2v) is 9.94. The van der Waals surface area contributed by atoms with Gasteiger partial charge in [0.1, 0.15) is 18.1 Å². The van der Waals surface area contributed by atoms with Gasteiger partial charge in [0.15, 0.2) is 0 Å². The third kappa shape index (κ3) is 9.89. The van der Waals surface area contributed by atoms with E-state index >= 15 is 0 Å². The zero-order chi connectivity index (χ0) is 25.0. The van der Waals surface area contributed by atoms with Crippen LogP contribution in [0.15, 0.2) is 0 Å². The van der Waals surface area contributed by atoms with Gasteiger partial charge in [0, 0.05) is 6.54 Å². The average Bonchev–Trinajstić information content (AvgIpc) is 3.25. The maximum absolute atomic E-state index is 13.2. The fourth-order valence-corrected chi connectivity index (χ4v) is 4.38. The predicted octanol–water partition coefficient (Wildman–Crippen LogP) is 0.287. The molecule has 0 saturated carbocycles. The molecule has 1 fully saturated rings. The second-order valence-electron chi connectivity index (χ2n) is 8.95. The summed E-state index contributed by atoms with van der Waals surface area (Å²) in [6.07, 6.45) is 5.45. The predicted molar refractivity (Wildman–Crippen MR) is 130 cm³/mol. The van der Waals surface area contributed by atoms with Crippen molar-refractivity contribution >= 4 is 35.5 Å². The van der Waals surface area contributed by atoms with Gasteiger partial charge in [-0.2, -0.15) is 11.8 Å². The third-order valence-electron chi connectivity index (χ3n) is 5.69. The number of carboxylic acids is 1. The van der Waals surface area contributed by atoms with Crippen LogP contribution in [0.1, 0.15) is 58.8 Å². The van der Waals surface area contributed by atoms with Crippen LogP contribution < -0.4 is 22.1 Å². The number of carbonyl (C=O) groups excluding carboxylic acids is 3. The number of hydrogen-bond donors (Lipinski definition) is 5. The van der Waals surface area contributed by atoms with Crippen molar-refractivity contribution in [3.63, 3.8) is 0 Å². The Morgan fingerprint density at radius 3 is 2.33 bits per heavy atom. The number of rotatable bonds is 15. The van der Waals surface area contributed by atoms with Crippen molar-refractivity contribution in [3.05, 3.63) is 0 Å². The molecule has 0 spiro atoms. The van der Waals surface area contributed by atoms with E-state index in [1.807, 2.05) is 20.1 Å². The Morgan fingerprint density at radius 2 is 1.76 bits per heavy atom. The molecule has 1 aliphatic heterocycles. The third-order valence-corrected chi connectivity index (χ3v) is 6.33. The number of nitrogens with two attached hydrogens (primary N) is 2. The number of carbonyl (C=O) groups is 4. The van der Waals surface area contributed by atoms with Gasteiger partial charge >= 0.3 is 5.97 Å². The summed E-state index contributed by atoms with van der Waals surface area (Å²) in [6, 6.07) is -3.31. The Balaban J connectivity index is 2.95. The second kappa shape index (κ2) is 15.1. The highest BCUT2D eigenvalue weighted by Crippen LogP contribution is 2.20. The largest absolute Gasteiger partial charge is 0.480 e. The van der Waals surface area contributed by atoms with E-state index in [2.05, 4.69) is 10.6 Å². The van der Waals surface area contributed by atoms with Crippen LogP contribution in [-0.2, 0) is 19.2 Å². The molecule has 7 N–H and O–H groups in total. The summed E-state index contributed by atoms with van der Waals surface area (Å²) in [6.45, 7) is 4.74. The number of amides is 3. The molecule has 1 saturated heterocycles. The van der Waals surface area contributed by atoms with Gasteiger partial charge in [-0.05, 0) is 69.4 Å². The number of likely N-dealkylation sites (tertiary alicyclic amines) is 1. The van der Waals surface area contributed by atoms with Crippen LogP contribution in [0, 0.1) is 5.92 Å². The van der Waals surface area contributed by atoms with E-state index in [4.69, 9.17) is 11.5 Å². The van der Waals surface area contributed by atoms with Crippen molar-refractivity contribution in [2.24, 2.45) is 17.4 Å². The molecule has 0 aliphatic carbocycles. The first kappa shape index (κ1) is 29.2. The van der Waals surface area contributed by atoms with Gasteiger partial charge in [0.2, 0.25) is 17.7 Å². The Kier molecular flexibility index (Phi) is 13.4. The van der Waals surface area contributed by atoms with Gasteiger partial charge in [-0.1, -0.05) is 13.8 Å². The van der Waals surface area contributed by atoms with Crippen LogP contribution in [0.3, 0.4) is 0 Å². The molecule has 0 radical (unpaired) electrons. The first-order chi connectivity index (χ1) is 15.6. The van der Waals surface area contributed by atoms with Gasteiger partial charge < -0.3 is 32.1 Å². The lowest BCUT2D eigenvalue weighted by atomic mass is 10.0. The number of carboxylic acid groups (broad SMARTS) is 1. The lowest BCUT2D eigenvalue weighted by Gasteiger charge is -2.29. The standard InChI is InChI=1S/C22H41N5O5S/c1-14(2)13-15(24)19(28)25-16(7-4-5-10-23)20(29)26-17(9-12-33-3)21(30)27-11-6-8-18(27)22(31)32/h14-18H,4-13,23-24H2,1-3H3,(H,25,28)(H,26,29)(H,31,32). The molecular weight excluding hydrogens is 446 g/mol. The molecule has 1 heterocycles. The van der Waals surface area contributed by atoms with Gasteiger partial charge in [-0.25, -0.2) is 4.79 Å². The van der Waals surface area contributed by atoms with Crippen LogP contribution in [0.5, 0.6) is 0 Å². The van der Waals surface area contributed by atoms with Crippen molar-refractivity contribution in [3.8, 4) is 0 Å². The van der Waals surface area contributed by atoms with Gasteiger partial charge in [-0.15, -0.1) is 0 Å². The molecule has 0 aromatic heterocycles. The average molecular weight is 488 g/mol. The number of thioether (sulfide) groups is 1. The summed E-state index contributed by atoms with van der Waals surface area (Å²) in [5.74, 6) is -1.47. The van der Waals surface area contributed by atoms with Crippen LogP contribution in [0.2, 0.25) is 0 Å². The summed E-state index contributed by atoms with van der Waals surface area (Å²) in [5, 5.41) is 15.0. The van der Waals surface area contributed by atoms with E-state index in [9.17, 15) is 24.3 Å². The smallest absolute Gasteiger partial charge is 0.326 e. The number of hydrogen-bond acceptors (Lipinski definition) is 7. The summed E-state index contributed by atoms with van der Waals surface area (Å²) in [5.41, 5.74) is 11.5. The van der Waals surface area contributed by atoms with E-state index in [-0.39, 0.29) is 5.92 Å². The fourth-order valence-electron chi connectivity index (χ4n) is 3.91. The number of nitrogens with zero attached hydrogens (tertiary/aromatic N) is 1. The summed E-state index contributed by atoms with van der Waals surface area (Å²) < 4.78 is 0. The zero-order valence-electron chi connectivity index (χ0n) is 20.0. The van der Waals surface area contributed by atoms with Crippen molar-refractivity contribution in [2.45, 2.75) is 83.0 Å². The normalized spacial score (nSPS) is 18.6. The summed E-state index contributed by atoms with van der Waals surface area (Å²) in [4.78, 5) is 51.7. The molecule has 11 heteroatoms. The number of unbranched alkanes of at least 4 members (excludes halogenated alkanes) is 1. The SMILES string of the molecule is CSCCC(NC(=O)C(CCCCN)NC(=O)C(N)CC(C)C)C(=O)N1CCCC1C(=O)O. The molecule has 33 heavy (non-hydrogen) atoms. The first-order valence-corrected chi connectivity index (χ1v) is 13.1. The van der Waals surface area contributed by atoms with Gasteiger partial charge in [0.25, 0.3) is 0 Å². The highest BCUT2D eigenvalue weighted by molar-refractivity contribution is 7.98. The van der Waals surface area contributed by atoms with Crippen molar-refractivity contribution in [1.82, 2.24) is 15.5 Å². The van der Waals surface area contributed by atoms with E-state index in [1.165, 1.54) is 16.7 Å². The molecule has 1 rings (SSSR count). The number of nitrogens with one attached hydrogen (secondary N) is 2. The molecule has 10 nitrogen and oxygen atoms in total. The van der Waals surface area contributed by atoms with E-state index < -0.39 is 47.9 Å². The highest BCUT2D eigenvalue weighted by atomic mass is 32.2. The van der Waals surface area contributed by atoms with Gasteiger partial charge in [-0.3, -0.25) is 14.4 Å².